The SMILES string of the molecule is COC1(c2nc(C)c(CCN)s2)CCC(C)CC1. The van der Waals surface area contributed by atoms with Crippen LogP contribution in [0.5, 0.6) is 0 Å². The largest absolute Gasteiger partial charge is 0.371 e. The van der Waals surface area contributed by atoms with Gasteiger partial charge in [0.1, 0.15) is 10.6 Å². The van der Waals surface area contributed by atoms with Crippen molar-refractivity contribution in [2.45, 2.75) is 51.6 Å². The second-order valence-electron chi connectivity index (χ2n) is 5.45. The number of thiazole rings is 1. The third kappa shape index (κ3) is 2.60. The minimum Gasteiger partial charge on any atom is -0.371 e. The zero-order chi connectivity index (χ0) is 13.2. The molecule has 0 atom stereocenters. The number of aromatic nitrogens is 1. The summed E-state index contributed by atoms with van der Waals surface area (Å²) in [4.78, 5) is 6.08. The highest BCUT2D eigenvalue weighted by molar-refractivity contribution is 7.11. The first kappa shape index (κ1) is 14.0. The van der Waals surface area contributed by atoms with Crippen LogP contribution in [0.4, 0.5) is 0 Å². The molecule has 0 amide bonds. The molecule has 0 radical (unpaired) electrons. The Morgan fingerprint density at radius 2 is 2.11 bits per heavy atom. The normalized spacial score (nSPS) is 28.6. The maximum absolute atomic E-state index is 5.88. The number of nitrogens with two attached hydrogens (primary N) is 1. The van der Waals surface area contributed by atoms with E-state index in [1.54, 1.807) is 11.3 Å². The molecule has 0 saturated heterocycles. The molecule has 0 aliphatic heterocycles. The second-order valence-corrected chi connectivity index (χ2v) is 6.53. The minimum atomic E-state index is -0.130. The van der Waals surface area contributed by atoms with Crippen LogP contribution in [0.25, 0.3) is 0 Å². The Balaban J connectivity index is 2.24. The first-order valence-corrected chi connectivity index (χ1v) is 7.65. The lowest BCUT2D eigenvalue weighted by molar-refractivity contribution is -0.0531. The van der Waals surface area contributed by atoms with Crippen LogP contribution in [-0.4, -0.2) is 18.6 Å². The van der Waals surface area contributed by atoms with Crippen molar-refractivity contribution in [2.75, 3.05) is 13.7 Å². The van der Waals surface area contributed by atoms with Gasteiger partial charge >= 0.3 is 0 Å². The molecule has 1 fully saturated rings. The predicted molar refractivity (Wildman–Crippen MR) is 75.9 cm³/mol. The van der Waals surface area contributed by atoms with Crippen molar-refractivity contribution in [1.82, 2.24) is 4.98 Å². The molecule has 2 N–H and O–H groups in total. The maximum atomic E-state index is 5.88. The Kier molecular flexibility index (Phi) is 4.41. The van der Waals surface area contributed by atoms with Gasteiger partial charge in [0.2, 0.25) is 0 Å². The van der Waals surface area contributed by atoms with Gasteiger partial charge in [-0.2, -0.15) is 0 Å². The summed E-state index contributed by atoms with van der Waals surface area (Å²) in [6, 6.07) is 0. The fraction of sp³-hybridized carbons (Fsp3) is 0.786. The summed E-state index contributed by atoms with van der Waals surface area (Å²) in [7, 11) is 1.83. The molecule has 1 aromatic rings. The standard InChI is InChI=1S/C14H24N2OS/c1-10-4-7-14(17-3,8-5-10)13-16-11(2)12(18-13)6-9-15/h10H,4-9,15H2,1-3H3. The molecule has 1 saturated carbocycles. The molecule has 0 spiro atoms. The van der Waals surface area contributed by atoms with Crippen molar-refractivity contribution >= 4 is 11.3 Å². The summed E-state index contributed by atoms with van der Waals surface area (Å²) in [5.41, 5.74) is 6.65. The smallest absolute Gasteiger partial charge is 0.125 e. The van der Waals surface area contributed by atoms with Gasteiger partial charge in [-0.3, -0.25) is 0 Å². The Bertz CT molecular complexity index is 394. The lowest BCUT2D eigenvalue weighted by atomic mass is 9.80. The molecule has 1 aliphatic carbocycles. The van der Waals surface area contributed by atoms with Gasteiger partial charge in [0.05, 0.1) is 5.69 Å². The van der Waals surface area contributed by atoms with E-state index >= 15 is 0 Å². The summed E-state index contributed by atoms with van der Waals surface area (Å²) in [5, 5.41) is 1.16. The number of methoxy groups -OCH3 is 1. The first-order valence-electron chi connectivity index (χ1n) is 6.83. The quantitative estimate of drug-likeness (QED) is 0.913. The highest BCUT2D eigenvalue weighted by Crippen LogP contribution is 2.43. The van der Waals surface area contributed by atoms with Crippen LogP contribution >= 0.6 is 11.3 Å². The lowest BCUT2D eigenvalue weighted by Gasteiger charge is -2.36. The number of rotatable bonds is 4. The van der Waals surface area contributed by atoms with Gasteiger partial charge in [-0.25, -0.2) is 4.98 Å². The van der Waals surface area contributed by atoms with Crippen LogP contribution in [0.1, 0.15) is 48.2 Å². The monoisotopic (exact) mass is 268 g/mol. The topological polar surface area (TPSA) is 48.1 Å². The zero-order valence-electron chi connectivity index (χ0n) is 11.7. The van der Waals surface area contributed by atoms with Gasteiger partial charge in [0.15, 0.2) is 0 Å². The van der Waals surface area contributed by atoms with Crippen molar-refractivity contribution in [1.29, 1.82) is 0 Å². The van der Waals surface area contributed by atoms with Crippen molar-refractivity contribution in [2.24, 2.45) is 11.7 Å². The van der Waals surface area contributed by atoms with Gasteiger partial charge in [0.25, 0.3) is 0 Å². The van der Waals surface area contributed by atoms with E-state index in [9.17, 15) is 0 Å². The fourth-order valence-corrected chi connectivity index (χ4v) is 4.02. The molecular weight excluding hydrogens is 244 g/mol. The van der Waals surface area contributed by atoms with Crippen LogP contribution < -0.4 is 5.73 Å². The number of aryl methyl sites for hydroxylation is 1. The van der Waals surface area contributed by atoms with Gasteiger partial charge < -0.3 is 10.5 Å². The third-order valence-electron chi connectivity index (χ3n) is 4.13. The fourth-order valence-electron chi connectivity index (χ4n) is 2.72. The molecule has 102 valence electrons. The molecular formula is C14H24N2OS. The number of hydrogen-bond acceptors (Lipinski definition) is 4. The van der Waals surface area contributed by atoms with Crippen molar-refractivity contribution in [3.63, 3.8) is 0 Å². The first-order chi connectivity index (χ1) is 8.61. The summed E-state index contributed by atoms with van der Waals surface area (Å²) < 4.78 is 5.88. The van der Waals surface area contributed by atoms with Crippen molar-refractivity contribution in [3.8, 4) is 0 Å². The van der Waals surface area contributed by atoms with Crippen molar-refractivity contribution < 1.29 is 4.74 Å². The van der Waals surface area contributed by atoms with E-state index in [-0.39, 0.29) is 5.60 Å². The van der Waals surface area contributed by atoms with E-state index in [0.717, 1.165) is 35.9 Å². The van der Waals surface area contributed by atoms with E-state index in [0.29, 0.717) is 6.54 Å². The molecule has 0 aromatic carbocycles. The minimum absolute atomic E-state index is 0.130. The molecule has 0 unspecified atom stereocenters. The van der Waals surface area contributed by atoms with Crippen LogP contribution in [0.3, 0.4) is 0 Å². The van der Waals surface area contributed by atoms with Crippen molar-refractivity contribution in [3.05, 3.63) is 15.6 Å². The van der Waals surface area contributed by atoms with Crippen LogP contribution in [-0.2, 0) is 16.8 Å². The van der Waals surface area contributed by atoms with Gasteiger partial charge in [-0.1, -0.05) is 6.92 Å². The van der Waals surface area contributed by atoms with E-state index in [1.165, 1.54) is 17.7 Å². The van der Waals surface area contributed by atoms with Gasteiger partial charge in [-0.15, -0.1) is 11.3 Å². The molecule has 1 aromatic heterocycles. The molecule has 18 heavy (non-hydrogen) atoms. The highest BCUT2D eigenvalue weighted by atomic mass is 32.1. The van der Waals surface area contributed by atoms with E-state index in [2.05, 4.69) is 13.8 Å². The van der Waals surface area contributed by atoms with E-state index in [1.807, 2.05) is 7.11 Å². The third-order valence-corrected chi connectivity index (χ3v) is 5.53. The molecule has 1 aliphatic rings. The molecule has 3 nitrogen and oxygen atoms in total. The van der Waals surface area contributed by atoms with Crippen LogP contribution in [0.2, 0.25) is 0 Å². The average Bonchev–Trinajstić information content (AvgIpc) is 2.74. The maximum Gasteiger partial charge on any atom is 0.125 e. The Morgan fingerprint density at radius 1 is 1.44 bits per heavy atom. The highest BCUT2D eigenvalue weighted by Gasteiger charge is 2.38. The summed E-state index contributed by atoms with van der Waals surface area (Å²) in [6.45, 7) is 5.10. The molecule has 4 heteroatoms. The lowest BCUT2D eigenvalue weighted by Crippen LogP contribution is -2.33. The molecule has 2 rings (SSSR count). The summed E-state index contributed by atoms with van der Waals surface area (Å²) >= 11 is 1.80. The van der Waals surface area contributed by atoms with Crippen LogP contribution in [0.15, 0.2) is 0 Å². The Morgan fingerprint density at radius 3 is 2.67 bits per heavy atom. The Hall–Kier alpha value is -0.450. The summed E-state index contributed by atoms with van der Waals surface area (Å²) in [6.07, 6.45) is 5.59. The van der Waals surface area contributed by atoms with E-state index < -0.39 is 0 Å². The number of ether oxygens (including phenoxy) is 1. The van der Waals surface area contributed by atoms with E-state index in [4.69, 9.17) is 15.5 Å². The molecule has 0 bridgehead atoms. The van der Waals surface area contributed by atoms with Gasteiger partial charge in [-0.05, 0) is 51.5 Å². The van der Waals surface area contributed by atoms with Crippen LogP contribution in [0, 0.1) is 12.8 Å². The number of hydrogen-bond donors (Lipinski definition) is 1. The zero-order valence-corrected chi connectivity index (χ0v) is 12.5. The summed E-state index contributed by atoms with van der Waals surface area (Å²) in [5.74, 6) is 0.817. The second kappa shape index (κ2) is 5.68. The predicted octanol–water partition coefficient (Wildman–Crippen LogP) is 3.00. The average molecular weight is 268 g/mol. The molecule has 1 heterocycles. The number of nitrogens with zero attached hydrogens (tertiary/aromatic N) is 1. The van der Waals surface area contributed by atoms with Gasteiger partial charge in [0, 0.05) is 12.0 Å². The Labute approximate surface area is 114 Å².